The molecule has 3 aromatic carbocycles. The Hall–Kier alpha value is -3.49. The number of carbonyl (C=O) groups excluding carboxylic acids is 1. The number of para-hydroxylation sites is 1. The standard InChI is InChI=1S/C26H26FN5OS/c27-20-9-11-21(12-10-20)28-26(33)29-23-7-3-1-5-19(23)13-14-31-15-17-32(18-16-31)25-22-6-2-4-8-24(22)34-30-25/h1-12H,13-18H2,(H2,28,29,33). The SMILES string of the molecule is O=C(Nc1ccc(F)cc1)Nc1ccccc1CCN1CCN(c2nsc3ccccc23)CC1. The van der Waals surface area contributed by atoms with Crippen molar-refractivity contribution in [1.82, 2.24) is 9.27 Å². The quantitative estimate of drug-likeness (QED) is 0.390. The first-order valence-corrected chi connectivity index (χ1v) is 12.2. The van der Waals surface area contributed by atoms with Gasteiger partial charge >= 0.3 is 6.03 Å². The summed E-state index contributed by atoms with van der Waals surface area (Å²) in [5.41, 5.74) is 2.42. The van der Waals surface area contributed by atoms with Gasteiger partial charge in [-0.15, -0.1) is 0 Å². The first-order valence-electron chi connectivity index (χ1n) is 11.4. The Kier molecular flexibility index (Phi) is 6.69. The van der Waals surface area contributed by atoms with E-state index >= 15 is 0 Å². The van der Waals surface area contributed by atoms with Crippen LogP contribution >= 0.6 is 11.5 Å². The van der Waals surface area contributed by atoms with E-state index in [1.165, 1.54) is 34.4 Å². The summed E-state index contributed by atoms with van der Waals surface area (Å²) < 4.78 is 19.0. The number of amides is 2. The van der Waals surface area contributed by atoms with Gasteiger partial charge in [0.05, 0.1) is 4.70 Å². The number of benzene rings is 3. The highest BCUT2D eigenvalue weighted by molar-refractivity contribution is 7.13. The van der Waals surface area contributed by atoms with Gasteiger partial charge < -0.3 is 15.5 Å². The molecular formula is C26H26FN5OS. The Bertz CT molecular complexity index is 1270. The molecule has 0 unspecified atom stereocenters. The van der Waals surface area contributed by atoms with E-state index in [9.17, 15) is 9.18 Å². The Morgan fingerprint density at radius 1 is 0.912 bits per heavy atom. The van der Waals surface area contributed by atoms with Crippen LogP contribution in [0.4, 0.5) is 26.4 Å². The van der Waals surface area contributed by atoms with E-state index in [0.29, 0.717) is 5.69 Å². The monoisotopic (exact) mass is 475 g/mol. The number of rotatable bonds is 6. The van der Waals surface area contributed by atoms with E-state index in [2.05, 4.69) is 44.7 Å². The first kappa shape index (κ1) is 22.3. The van der Waals surface area contributed by atoms with Gasteiger partial charge in [0.25, 0.3) is 0 Å². The molecule has 1 aliphatic rings. The van der Waals surface area contributed by atoms with Gasteiger partial charge in [0.1, 0.15) is 11.6 Å². The minimum atomic E-state index is -0.344. The summed E-state index contributed by atoms with van der Waals surface area (Å²) in [6, 6.07) is 21.6. The summed E-state index contributed by atoms with van der Waals surface area (Å²) in [5.74, 6) is 0.763. The Balaban J connectivity index is 1.15. The summed E-state index contributed by atoms with van der Waals surface area (Å²) in [6.45, 7) is 4.78. The van der Waals surface area contributed by atoms with Crippen molar-refractivity contribution >= 4 is 44.8 Å². The zero-order valence-electron chi connectivity index (χ0n) is 18.7. The van der Waals surface area contributed by atoms with Gasteiger partial charge in [0.2, 0.25) is 0 Å². The van der Waals surface area contributed by atoms with Crippen molar-refractivity contribution < 1.29 is 9.18 Å². The summed E-state index contributed by atoms with van der Waals surface area (Å²) >= 11 is 1.56. The van der Waals surface area contributed by atoms with Crippen LogP contribution in [0.15, 0.2) is 72.8 Å². The van der Waals surface area contributed by atoms with E-state index in [0.717, 1.165) is 56.2 Å². The number of piperazine rings is 1. The molecule has 2 amide bonds. The van der Waals surface area contributed by atoms with E-state index in [1.807, 2.05) is 24.3 Å². The second-order valence-corrected chi connectivity index (χ2v) is 9.13. The molecule has 1 fully saturated rings. The van der Waals surface area contributed by atoms with Crippen LogP contribution in [0.2, 0.25) is 0 Å². The molecule has 1 aromatic heterocycles. The van der Waals surface area contributed by atoms with Crippen molar-refractivity contribution in [2.75, 3.05) is 48.3 Å². The molecular weight excluding hydrogens is 449 g/mol. The highest BCUT2D eigenvalue weighted by Crippen LogP contribution is 2.30. The van der Waals surface area contributed by atoms with Crippen molar-refractivity contribution in [3.05, 3.63) is 84.2 Å². The lowest BCUT2D eigenvalue weighted by molar-refractivity contribution is 0.260. The molecule has 8 heteroatoms. The molecule has 174 valence electrons. The largest absolute Gasteiger partial charge is 0.353 e. The summed E-state index contributed by atoms with van der Waals surface area (Å²) in [7, 11) is 0. The molecule has 0 atom stereocenters. The smallest absolute Gasteiger partial charge is 0.323 e. The molecule has 0 spiro atoms. The van der Waals surface area contributed by atoms with Crippen LogP contribution in [0.25, 0.3) is 10.1 Å². The molecule has 6 nitrogen and oxygen atoms in total. The summed E-state index contributed by atoms with van der Waals surface area (Å²) in [4.78, 5) is 17.3. The lowest BCUT2D eigenvalue weighted by atomic mass is 10.1. The van der Waals surface area contributed by atoms with Crippen molar-refractivity contribution in [2.24, 2.45) is 0 Å². The van der Waals surface area contributed by atoms with Gasteiger partial charge in [-0.05, 0) is 66.0 Å². The highest BCUT2D eigenvalue weighted by Gasteiger charge is 2.20. The Morgan fingerprint density at radius 2 is 1.65 bits per heavy atom. The minimum Gasteiger partial charge on any atom is -0.353 e. The number of hydrogen-bond acceptors (Lipinski definition) is 5. The van der Waals surface area contributed by atoms with Crippen LogP contribution in [0.5, 0.6) is 0 Å². The molecule has 2 heterocycles. The van der Waals surface area contributed by atoms with Gasteiger partial charge in [-0.2, -0.15) is 4.37 Å². The molecule has 34 heavy (non-hydrogen) atoms. The van der Waals surface area contributed by atoms with Crippen LogP contribution in [0.1, 0.15) is 5.56 Å². The van der Waals surface area contributed by atoms with Gasteiger partial charge in [-0.3, -0.25) is 4.90 Å². The number of hydrogen-bond donors (Lipinski definition) is 2. The maximum Gasteiger partial charge on any atom is 0.323 e. The number of urea groups is 1. The van der Waals surface area contributed by atoms with E-state index in [1.54, 1.807) is 11.5 Å². The third kappa shape index (κ3) is 5.18. The second kappa shape index (κ2) is 10.2. The van der Waals surface area contributed by atoms with Gasteiger partial charge in [-0.25, -0.2) is 9.18 Å². The first-order chi connectivity index (χ1) is 16.7. The molecule has 0 radical (unpaired) electrons. The van der Waals surface area contributed by atoms with Gasteiger partial charge in [0, 0.05) is 49.5 Å². The molecule has 0 saturated carbocycles. The average molecular weight is 476 g/mol. The Labute approximate surface area is 202 Å². The predicted molar refractivity (Wildman–Crippen MR) is 137 cm³/mol. The molecule has 1 saturated heterocycles. The maximum atomic E-state index is 13.1. The predicted octanol–water partition coefficient (Wildman–Crippen LogP) is 5.44. The molecule has 0 bridgehead atoms. The number of aromatic nitrogens is 1. The van der Waals surface area contributed by atoms with E-state index < -0.39 is 0 Å². The molecule has 5 rings (SSSR count). The second-order valence-electron chi connectivity index (χ2n) is 8.32. The van der Waals surface area contributed by atoms with Gasteiger partial charge in [-0.1, -0.05) is 30.3 Å². The third-order valence-corrected chi connectivity index (χ3v) is 6.91. The number of halogens is 1. The van der Waals surface area contributed by atoms with Crippen LogP contribution in [0, 0.1) is 5.82 Å². The number of nitrogens with zero attached hydrogens (tertiary/aromatic N) is 3. The molecule has 2 N–H and O–H groups in total. The number of carbonyl (C=O) groups is 1. The summed E-state index contributed by atoms with van der Waals surface area (Å²) in [5, 5.41) is 6.91. The molecule has 1 aliphatic heterocycles. The number of nitrogens with one attached hydrogen (secondary N) is 2. The third-order valence-electron chi connectivity index (χ3n) is 6.10. The molecule has 0 aliphatic carbocycles. The van der Waals surface area contributed by atoms with Crippen molar-refractivity contribution in [1.29, 1.82) is 0 Å². The van der Waals surface area contributed by atoms with Crippen molar-refractivity contribution in [2.45, 2.75) is 6.42 Å². The van der Waals surface area contributed by atoms with Crippen LogP contribution < -0.4 is 15.5 Å². The van der Waals surface area contributed by atoms with E-state index in [-0.39, 0.29) is 11.8 Å². The minimum absolute atomic E-state index is 0.336. The van der Waals surface area contributed by atoms with Gasteiger partial charge in [0.15, 0.2) is 0 Å². The topological polar surface area (TPSA) is 60.5 Å². The van der Waals surface area contributed by atoms with Crippen molar-refractivity contribution in [3.63, 3.8) is 0 Å². The highest BCUT2D eigenvalue weighted by atomic mass is 32.1. The molecule has 4 aromatic rings. The fourth-order valence-electron chi connectivity index (χ4n) is 4.24. The average Bonchev–Trinajstić information content (AvgIpc) is 3.29. The fraction of sp³-hybridized carbons (Fsp3) is 0.231. The zero-order valence-corrected chi connectivity index (χ0v) is 19.5. The van der Waals surface area contributed by atoms with Crippen LogP contribution in [0.3, 0.4) is 0 Å². The number of fused-ring (bicyclic) bond motifs is 1. The number of anilines is 3. The summed E-state index contributed by atoms with van der Waals surface area (Å²) in [6.07, 6.45) is 0.840. The zero-order chi connectivity index (χ0) is 23.3. The lowest BCUT2D eigenvalue weighted by Crippen LogP contribution is -2.47. The fourth-order valence-corrected chi connectivity index (χ4v) is 5.04. The lowest BCUT2D eigenvalue weighted by Gasteiger charge is -2.35. The van der Waals surface area contributed by atoms with Crippen molar-refractivity contribution in [3.8, 4) is 0 Å². The maximum absolute atomic E-state index is 13.1. The van der Waals surface area contributed by atoms with Crippen LogP contribution in [-0.4, -0.2) is 48.0 Å². The van der Waals surface area contributed by atoms with E-state index in [4.69, 9.17) is 4.37 Å². The normalized spacial score (nSPS) is 14.3. The van der Waals surface area contributed by atoms with Crippen LogP contribution in [-0.2, 0) is 6.42 Å². The Morgan fingerprint density at radius 3 is 2.47 bits per heavy atom.